The molecule has 0 atom stereocenters. The number of likely N-dealkylation sites (tertiary alicyclic amines) is 1. The molecular formula is C10H18ClNO. The van der Waals surface area contributed by atoms with Crippen LogP contribution in [0.15, 0.2) is 0 Å². The summed E-state index contributed by atoms with van der Waals surface area (Å²) in [6.45, 7) is 4.04. The summed E-state index contributed by atoms with van der Waals surface area (Å²) in [5.41, 5.74) is 0. The Morgan fingerprint density at radius 3 is 2.54 bits per heavy atom. The summed E-state index contributed by atoms with van der Waals surface area (Å²) >= 11 is 5.49. The molecule has 0 spiro atoms. The average Bonchev–Trinajstić information content (AvgIpc) is 2.18. The van der Waals surface area contributed by atoms with Gasteiger partial charge in [0.1, 0.15) is 5.88 Å². The summed E-state index contributed by atoms with van der Waals surface area (Å²) in [6.07, 6.45) is 4.89. The van der Waals surface area contributed by atoms with Crippen molar-refractivity contribution in [3.8, 4) is 0 Å². The largest absolute Gasteiger partial charge is 0.342 e. The molecule has 0 bridgehead atoms. The number of carbonyl (C=O) groups is 1. The average molecular weight is 204 g/mol. The zero-order valence-electron chi connectivity index (χ0n) is 8.26. The molecule has 1 aliphatic rings. The fraction of sp³-hybridized carbons (Fsp3) is 0.900. The number of rotatable bonds is 3. The van der Waals surface area contributed by atoms with Gasteiger partial charge in [-0.2, -0.15) is 0 Å². The zero-order chi connectivity index (χ0) is 9.68. The van der Waals surface area contributed by atoms with Crippen molar-refractivity contribution in [3.05, 3.63) is 0 Å². The van der Waals surface area contributed by atoms with Gasteiger partial charge >= 0.3 is 0 Å². The molecule has 13 heavy (non-hydrogen) atoms. The van der Waals surface area contributed by atoms with Crippen LogP contribution in [-0.4, -0.2) is 29.8 Å². The van der Waals surface area contributed by atoms with E-state index in [9.17, 15) is 4.79 Å². The maximum Gasteiger partial charge on any atom is 0.237 e. The molecule has 1 aliphatic heterocycles. The molecule has 3 heteroatoms. The van der Waals surface area contributed by atoms with E-state index in [0.717, 1.165) is 31.8 Å². The van der Waals surface area contributed by atoms with E-state index in [1.807, 2.05) is 4.90 Å². The monoisotopic (exact) mass is 203 g/mol. The van der Waals surface area contributed by atoms with Gasteiger partial charge in [-0.25, -0.2) is 0 Å². The first-order valence-electron chi connectivity index (χ1n) is 5.11. The van der Waals surface area contributed by atoms with Crippen molar-refractivity contribution in [1.29, 1.82) is 0 Å². The van der Waals surface area contributed by atoms with E-state index in [1.54, 1.807) is 0 Å². The number of hydrogen-bond donors (Lipinski definition) is 0. The molecule has 0 aromatic rings. The van der Waals surface area contributed by atoms with E-state index >= 15 is 0 Å². The van der Waals surface area contributed by atoms with Crippen LogP contribution in [0, 0.1) is 5.92 Å². The van der Waals surface area contributed by atoms with Crippen LogP contribution < -0.4 is 0 Å². The van der Waals surface area contributed by atoms with E-state index in [1.165, 1.54) is 12.8 Å². The summed E-state index contributed by atoms with van der Waals surface area (Å²) in [5.74, 6) is 1.07. The van der Waals surface area contributed by atoms with Gasteiger partial charge in [-0.15, -0.1) is 11.6 Å². The van der Waals surface area contributed by atoms with Crippen LogP contribution in [0.25, 0.3) is 0 Å². The predicted octanol–water partition coefficient (Wildman–Crippen LogP) is 2.26. The first kappa shape index (κ1) is 10.8. The van der Waals surface area contributed by atoms with Gasteiger partial charge in [0, 0.05) is 13.1 Å². The maximum atomic E-state index is 11.2. The van der Waals surface area contributed by atoms with Crippen LogP contribution in [0.4, 0.5) is 0 Å². The Labute approximate surface area is 85.2 Å². The minimum absolute atomic E-state index is 0.0941. The van der Waals surface area contributed by atoms with Gasteiger partial charge in [-0.05, 0) is 18.8 Å². The first-order chi connectivity index (χ1) is 6.27. The Kier molecular flexibility index (Phi) is 4.57. The second kappa shape index (κ2) is 5.48. The molecular weight excluding hydrogens is 186 g/mol. The van der Waals surface area contributed by atoms with Crippen LogP contribution in [0.1, 0.15) is 32.6 Å². The molecule has 1 amide bonds. The minimum Gasteiger partial charge on any atom is -0.342 e. The number of halogens is 1. The van der Waals surface area contributed by atoms with Gasteiger partial charge in [0.2, 0.25) is 5.91 Å². The van der Waals surface area contributed by atoms with Gasteiger partial charge in [0.25, 0.3) is 0 Å². The topological polar surface area (TPSA) is 20.3 Å². The SMILES string of the molecule is CCCC1CCN(C(=O)CCl)CC1. The normalized spacial score (nSPS) is 19.1. The van der Waals surface area contributed by atoms with Crippen molar-refractivity contribution in [2.75, 3.05) is 19.0 Å². The van der Waals surface area contributed by atoms with E-state index in [2.05, 4.69) is 6.92 Å². The van der Waals surface area contributed by atoms with Gasteiger partial charge in [0.15, 0.2) is 0 Å². The lowest BCUT2D eigenvalue weighted by Gasteiger charge is -2.31. The molecule has 1 fully saturated rings. The first-order valence-corrected chi connectivity index (χ1v) is 5.65. The van der Waals surface area contributed by atoms with Crippen molar-refractivity contribution >= 4 is 17.5 Å². The summed E-state index contributed by atoms with van der Waals surface area (Å²) in [7, 11) is 0. The molecule has 1 rings (SSSR count). The number of piperidine rings is 1. The Hall–Kier alpha value is -0.240. The zero-order valence-corrected chi connectivity index (χ0v) is 9.02. The van der Waals surface area contributed by atoms with E-state index < -0.39 is 0 Å². The van der Waals surface area contributed by atoms with Crippen LogP contribution in [0.5, 0.6) is 0 Å². The van der Waals surface area contributed by atoms with E-state index in [0.29, 0.717) is 0 Å². The molecule has 1 saturated heterocycles. The second-order valence-corrected chi connectivity index (χ2v) is 4.01. The summed E-state index contributed by atoms with van der Waals surface area (Å²) < 4.78 is 0. The standard InChI is InChI=1S/C10H18ClNO/c1-2-3-9-4-6-12(7-5-9)10(13)8-11/h9H,2-8H2,1H3. The summed E-state index contributed by atoms with van der Waals surface area (Å²) in [6, 6.07) is 0. The smallest absolute Gasteiger partial charge is 0.237 e. The highest BCUT2D eigenvalue weighted by molar-refractivity contribution is 6.27. The Bertz CT molecular complexity index is 164. The molecule has 0 unspecified atom stereocenters. The molecule has 0 aromatic heterocycles. The molecule has 0 N–H and O–H groups in total. The van der Waals surface area contributed by atoms with Crippen molar-refractivity contribution in [2.45, 2.75) is 32.6 Å². The molecule has 0 aromatic carbocycles. The predicted molar refractivity (Wildman–Crippen MR) is 54.9 cm³/mol. The van der Waals surface area contributed by atoms with Crippen LogP contribution in [0.3, 0.4) is 0 Å². The third-order valence-corrected chi connectivity index (χ3v) is 3.01. The second-order valence-electron chi connectivity index (χ2n) is 3.75. The fourth-order valence-electron chi connectivity index (χ4n) is 1.96. The van der Waals surface area contributed by atoms with Gasteiger partial charge < -0.3 is 4.90 Å². The summed E-state index contributed by atoms with van der Waals surface area (Å²) in [4.78, 5) is 13.1. The number of nitrogens with zero attached hydrogens (tertiary/aromatic N) is 1. The number of carbonyl (C=O) groups excluding carboxylic acids is 1. The van der Waals surface area contributed by atoms with Crippen LogP contribution in [0.2, 0.25) is 0 Å². The lowest BCUT2D eigenvalue weighted by Crippen LogP contribution is -2.39. The highest BCUT2D eigenvalue weighted by Gasteiger charge is 2.21. The van der Waals surface area contributed by atoms with Crippen LogP contribution >= 0.6 is 11.6 Å². The van der Waals surface area contributed by atoms with Gasteiger partial charge in [-0.3, -0.25) is 4.79 Å². The maximum absolute atomic E-state index is 11.2. The Balaban J connectivity index is 2.26. The molecule has 76 valence electrons. The van der Waals surface area contributed by atoms with E-state index in [4.69, 9.17) is 11.6 Å². The van der Waals surface area contributed by atoms with Crippen molar-refractivity contribution in [3.63, 3.8) is 0 Å². The van der Waals surface area contributed by atoms with Crippen molar-refractivity contribution in [1.82, 2.24) is 4.90 Å². The number of alkyl halides is 1. The molecule has 0 aliphatic carbocycles. The Morgan fingerprint density at radius 2 is 2.08 bits per heavy atom. The summed E-state index contributed by atoms with van der Waals surface area (Å²) in [5, 5.41) is 0. The van der Waals surface area contributed by atoms with Gasteiger partial charge in [0.05, 0.1) is 0 Å². The third-order valence-electron chi connectivity index (χ3n) is 2.78. The van der Waals surface area contributed by atoms with Crippen LogP contribution in [-0.2, 0) is 4.79 Å². The highest BCUT2D eigenvalue weighted by Crippen LogP contribution is 2.21. The minimum atomic E-state index is 0.0941. The molecule has 2 nitrogen and oxygen atoms in total. The number of amides is 1. The molecule has 0 radical (unpaired) electrons. The fourth-order valence-corrected chi connectivity index (χ4v) is 2.13. The van der Waals surface area contributed by atoms with Crippen molar-refractivity contribution < 1.29 is 4.79 Å². The molecule has 1 heterocycles. The quantitative estimate of drug-likeness (QED) is 0.645. The van der Waals surface area contributed by atoms with Gasteiger partial charge in [-0.1, -0.05) is 19.8 Å². The lowest BCUT2D eigenvalue weighted by molar-refractivity contribution is -0.129. The molecule has 0 saturated carbocycles. The van der Waals surface area contributed by atoms with E-state index in [-0.39, 0.29) is 11.8 Å². The Morgan fingerprint density at radius 1 is 1.46 bits per heavy atom. The van der Waals surface area contributed by atoms with Crippen molar-refractivity contribution in [2.24, 2.45) is 5.92 Å². The number of hydrogen-bond acceptors (Lipinski definition) is 1. The third kappa shape index (κ3) is 3.18. The lowest BCUT2D eigenvalue weighted by atomic mass is 9.92. The highest BCUT2D eigenvalue weighted by atomic mass is 35.5.